The molecule has 0 spiro atoms. The van der Waals surface area contributed by atoms with Crippen LogP contribution in [-0.4, -0.2) is 52.2 Å². The molecular weight excluding hydrogens is 458 g/mol. The van der Waals surface area contributed by atoms with E-state index in [4.69, 9.17) is 11.2 Å². The van der Waals surface area contributed by atoms with Gasteiger partial charge in [0.2, 0.25) is 11.8 Å². The van der Waals surface area contributed by atoms with Gasteiger partial charge in [-0.3, -0.25) is 9.59 Å². The second-order valence-electron chi connectivity index (χ2n) is 9.56. The first kappa shape index (κ1) is 28.4. The number of alkyl carbamates (subject to hydrolysis) is 1. The van der Waals surface area contributed by atoms with E-state index in [1.54, 1.807) is 58.9 Å². The van der Waals surface area contributed by atoms with Crippen LogP contribution in [0.15, 0.2) is 54.6 Å². The first-order chi connectivity index (χ1) is 17.0. The fraction of sp³-hybridized carbons (Fsp3) is 0.393. The van der Waals surface area contributed by atoms with Gasteiger partial charge in [-0.1, -0.05) is 54.5 Å². The minimum Gasteiger partial charge on any atom is -0.444 e. The van der Waals surface area contributed by atoms with Crippen molar-refractivity contribution in [3.05, 3.63) is 71.3 Å². The van der Waals surface area contributed by atoms with E-state index in [-0.39, 0.29) is 6.54 Å². The molecule has 2 atom stereocenters. The number of hydrogen-bond donors (Lipinski definition) is 3. The number of nitrogens with zero attached hydrogens (tertiary/aromatic N) is 1. The zero-order valence-corrected chi connectivity index (χ0v) is 21.4. The topological polar surface area (TPSA) is 108 Å². The Balaban J connectivity index is 2.44. The first-order valence-corrected chi connectivity index (χ1v) is 11.8. The van der Waals surface area contributed by atoms with Crippen LogP contribution in [-0.2, 0) is 20.9 Å². The minimum atomic E-state index is -1.33. The molecule has 0 fully saturated rings. The summed E-state index contributed by atoms with van der Waals surface area (Å²) in [5, 5.41) is 15.3. The molecule has 8 heteroatoms. The van der Waals surface area contributed by atoms with Gasteiger partial charge in [-0.15, -0.1) is 6.42 Å². The molecular formula is C28H35N3O5. The molecule has 8 nitrogen and oxygen atoms in total. The van der Waals surface area contributed by atoms with Crippen LogP contribution in [0.1, 0.15) is 57.4 Å². The van der Waals surface area contributed by atoms with Crippen LogP contribution in [0.4, 0.5) is 4.79 Å². The molecule has 0 aliphatic rings. The Hall–Kier alpha value is -3.83. The summed E-state index contributed by atoms with van der Waals surface area (Å²) in [6, 6.07) is 13.3. The van der Waals surface area contributed by atoms with Crippen molar-refractivity contribution in [2.45, 2.75) is 64.9 Å². The summed E-state index contributed by atoms with van der Waals surface area (Å²) in [7, 11) is 0. The molecule has 192 valence electrons. The summed E-state index contributed by atoms with van der Waals surface area (Å²) < 4.78 is 5.24. The maximum absolute atomic E-state index is 13.7. The number of hydrogen-bond acceptors (Lipinski definition) is 5. The standard InChI is InChI=1S/C28H35N3O5/c1-7-21-15-11-12-16-22(21)24(25(33)29-17-20-13-9-8-10-14-20)31(19(2)3)26(34)23(18-32)30-27(35)36-28(4,5)6/h1,8-16,19,23-24,32H,17-18H2,2-6H3,(H,29,33)(H,30,35). The first-order valence-electron chi connectivity index (χ1n) is 11.8. The van der Waals surface area contributed by atoms with Crippen molar-refractivity contribution >= 4 is 17.9 Å². The van der Waals surface area contributed by atoms with Crippen LogP contribution >= 0.6 is 0 Å². The highest BCUT2D eigenvalue weighted by Gasteiger charge is 2.38. The normalized spacial score (nSPS) is 12.7. The van der Waals surface area contributed by atoms with Gasteiger partial charge in [0.15, 0.2) is 0 Å². The Morgan fingerprint density at radius 1 is 1.06 bits per heavy atom. The third kappa shape index (κ3) is 7.85. The quantitative estimate of drug-likeness (QED) is 0.465. The smallest absolute Gasteiger partial charge is 0.408 e. The maximum Gasteiger partial charge on any atom is 0.408 e. The number of nitrogens with one attached hydrogen (secondary N) is 2. The summed E-state index contributed by atoms with van der Waals surface area (Å²) in [6.07, 6.45) is 4.86. The SMILES string of the molecule is C#Cc1ccccc1C(C(=O)NCc1ccccc1)N(C(=O)C(CO)NC(=O)OC(C)(C)C)C(C)C. The Bertz CT molecular complexity index is 1090. The molecule has 2 rings (SSSR count). The van der Waals surface area contributed by atoms with Gasteiger partial charge in [-0.2, -0.15) is 0 Å². The van der Waals surface area contributed by atoms with E-state index in [0.717, 1.165) is 5.56 Å². The highest BCUT2D eigenvalue weighted by Crippen LogP contribution is 2.27. The lowest BCUT2D eigenvalue weighted by Gasteiger charge is -2.37. The monoisotopic (exact) mass is 493 g/mol. The predicted molar refractivity (Wildman–Crippen MR) is 138 cm³/mol. The summed E-state index contributed by atoms with van der Waals surface area (Å²) in [5.74, 6) is 1.49. The average molecular weight is 494 g/mol. The van der Waals surface area contributed by atoms with E-state index >= 15 is 0 Å². The van der Waals surface area contributed by atoms with Crippen molar-refractivity contribution in [1.29, 1.82) is 0 Å². The molecule has 0 radical (unpaired) electrons. The van der Waals surface area contributed by atoms with E-state index in [1.165, 1.54) is 4.90 Å². The molecule has 0 aromatic heterocycles. The van der Waals surface area contributed by atoms with Gasteiger partial charge in [-0.05, 0) is 51.8 Å². The molecule has 0 bridgehead atoms. The summed E-state index contributed by atoms with van der Waals surface area (Å²) in [5.41, 5.74) is 1.01. The Morgan fingerprint density at radius 2 is 1.67 bits per heavy atom. The molecule has 0 aliphatic heterocycles. The minimum absolute atomic E-state index is 0.244. The van der Waals surface area contributed by atoms with Crippen molar-refractivity contribution in [2.24, 2.45) is 0 Å². The highest BCUT2D eigenvalue weighted by molar-refractivity contribution is 5.92. The molecule has 3 N–H and O–H groups in total. The summed E-state index contributed by atoms with van der Waals surface area (Å²) in [4.78, 5) is 40.9. The van der Waals surface area contributed by atoms with Gasteiger partial charge in [0, 0.05) is 18.2 Å². The fourth-order valence-electron chi connectivity index (χ4n) is 3.66. The number of benzene rings is 2. The Morgan fingerprint density at radius 3 is 2.22 bits per heavy atom. The number of ether oxygens (including phenoxy) is 1. The van der Waals surface area contributed by atoms with Crippen molar-refractivity contribution in [1.82, 2.24) is 15.5 Å². The van der Waals surface area contributed by atoms with Gasteiger partial charge >= 0.3 is 6.09 Å². The number of aliphatic hydroxyl groups excluding tert-OH is 1. The molecule has 0 heterocycles. The van der Waals surface area contributed by atoms with Crippen molar-refractivity contribution < 1.29 is 24.2 Å². The molecule has 2 unspecified atom stereocenters. The molecule has 0 saturated heterocycles. The second kappa shape index (κ2) is 12.8. The summed E-state index contributed by atoms with van der Waals surface area (Å²) in [6.45, 7) is 8.11. The zero-order chi connectivity index (χ0) is 26.9. The average Bonchev–Trinajstić information content (AvgIpc) is 2.83. The van der Waals surface area contributed by atoms with Crippen LogP contribution in [0, 0.1) is 12.3 Å². The zero-order valence-electron chi connectivity index (χ0n) is 21.4. The van der Waals surface area contributed by atoms with Crippen molar-refractivity contribution in [2.75, 3.05) is 6.61 Å². The van der Waals surface area contributed by atoms with E-state index in [2.05, 4.69) is 16.6 Å². The maximum atomic E-state index is 13.7. The van der Waals surface area contributed by atoms with Gasteiger partial charge in [-0.25, -0.2) is 4.79 Å². The Labute approximate surface area is 213 Å². The number of carbonyl (C=O) groups is 3. The van der Waals surface area contributed by atoms with E-state index in [0.29, 0.717) is 11.1 Å². The third-order valence-corrected chi connectivity index (χ3v) is 5.23. The molecule has 2 aromatic rings. The molecule has 3 amide bonds. The van der Waals surface area contributed by atoms with E-state index < -0.39 is 48.2 Å². The van der Waals surface area contributed by atoms with Crippen LogP contribution in [0.25, 0.3) is 0 Å². The Kier molecular flexibility index (Phi) is 10.1. The number of terminal acetylenes is 1. The fourth-order valence-corrected chi connectivity index (χ4v) is 3.66. The second-order valence-corrected chi connectivity index (χ2v) is 9.56. The van der Waals surface area contributed by atoms with Gasteiger partial charge in [0.05, 0.1) is 6.61 Å². The predicted octanol–water partition coefficient (Wildman–Crippen LogP) is 3.15. The highest BCUT2D eigenvalue weighted by atomic mass is 16.6. The van der Waals surface area contributed by atoms with Crippen LogP contribution in [0.5, 0.6) is 0 Å². The molecule has 2 aromatic carbocycles. The molecule has 0 saturated carbocycles. The van der Waals surface area contributed by atoms with Crippen molar-refractivity contribution in [3.63, 3.8) is 0 Å². The van der Waals surface area contributed by atoms with E-state index in [1.807, 2.05) is 30.3 Å². The number of amides is 3. The van der Waals surface area contributed by atoms with Gasteiger partial charge in [0.1, 0.15) is 17.7 Å². The van der Waals surface area contributed by atoms with Crippen LogP contribution in [0.3, 0.4) is 0 Å². The molecule has 36 heavy (non-hydrogen) atoms. The third-order valence-electron chi connectivity index (χ3n) is 5.23. The van der Waals surface area contributed by atoms with Crippen LogP contribution < -0.4 is 10.6 Å². The summed E-state index contributed by atoms with van der Waals surface area (Å²) >= 11 is 0. The number of aliphatic hydroxyl groups is 1. The van der Waals surface area contributed by atoms with Gasteiger partial charge < -0.3 is 25.4 Å². The van der Waals surface area contributed by atoms with E-state index in [9.17, 15) is 19.5 Å². The number of rotatable bonds is 9. The lowest BCUT2D eigenvalue weighted by atomic mass is 9.96. The lowest BCUT2D eigenvalue weighted by molar-refractivity contribution is -0.145. The lowest BCUT2D eigenvalue weighted by Crippen LogP contribution is -2.56. The van der Waals surface area contributed by atoms with Gasteiger partial charge in [0.25, 0.3) is 0 Å². The molecule has 0 aliphatic carbocycles. The van der Waals surface area contributed by atoms with Crippen LogP contribution in [0.2, 0.25) is 0 Å². The van der Waals surface area contributed by atoms with Crippen molar-refractivity contribution in [3.8, 4) is 12.3 Å². The number of carbonyl (C=O) groups excluding carboxylic acids is 3. The largest absolute Gasteiger partial charge is 0.444 e.